The van der Waals surface area contributed by atoms with Crippen molar-refractivity contribution >= 4 is 0 Å². The van der Waals surface area contributed by atoms with Crippen LogP contribution in [0.2, 0.25) is 0 Å². The lowest BCUT2D eigenvalue weighted by Crippen LogP contribution is -2.33. The number of aromatic nitrogens is 2. The van der Waals surface area contributed by atoms with Crippen LogP contribution in [0.4, 0.5) is 0 Å². The standard InChI is InChI=1S/C20H27N3O4/c1-25-17-10-19(27-3)18(26-2)8-14(17)11-22-6-7-23-15(12-22)9-16(21-23)20(24)13-4-5-13/h8-10,13,20,24H,4-7,11-12H2,1-3H3/t20-/m1/s1. The highest BCUT2D eigenvalue weighted by Gasteiger charge is 2.33. The normalized spacial score (nSPS) is 18.1. The third kappa shape index (κ3) is 3.61. The molecule has 0 unspecified atom stereocenters. The molecule has 2 aromatic rings. The number of rotatable bonds is 7. The van der Waals surface area contributed by atoms with Gasteiger partial charge in [-0.2, -0.15) is 5.10 Å². The van der Waals surface area contributed by atoms with Crippen molar-refractivity contribution in [1.29, 1.82) is 0 Å². The topological polar surface area (TPSA) is 69.0 Å². The van der Waals surface area contributed by atoms with Crippen molar-refractivity contribution in [3.8, 4) is 17.2 Å². The van der Waals surface area contributed by atoms with E-state index in [2.05, 4.69) is 16.1 Å². The highest BCUT2D eigenvalue weighted by atomic mass is 16.5. The first kappa shape index (κ1) is 18.1. The van der Waals surface area contributed by atoms with Crippen LogP contribution in [-0.2, 0) is 19.6 Å². The van der Waals surface area contributed by atoms with Gasteiger partial charge in [-0.05, 0) is 30.9 Å². The van der Waals surface area contributed by atoms with E-state index in [9.17, 15) is 5.11 Å². The Balaban J connectivity index is 1.51. The first-order valence-corrected chi connectivity index (χ1v) is 9.39. The fourth-order valence-corrected chi connectivity index (χ4v) is 3.73. The molecule has 2 heterocycles. The molecule has 7 nitrogen and oxygen atoms in total. The minimum Gasteiger partial charge on any atom is -0.496 e. The van der Waals surface area contributed by atoms with E-state index in [0.29, 0.717) is 17.4 Å². The summed E-state index contributed by atoms with van der Waals surface area (Å²) in [7, 11) is 4.93. The van der Waals surface area contributed by atoms with E-state index in [-0.39, 0.29) is 0 Å². The summed E-state index contributed by atoms with van der Waals surface area (Å²) in [5, 5.41) is 15.0. The molecular weight excluding hydrogens is 346 g/mol. The Morgan fingerprint density at radius 2 is 1.74 bits per heavy atom. The average Bonchev–Trinajstić information content (AvgIpc) is 3.45. The van der Waals surface area contributed by atoms with Crippen molar-refractivity contribution in [2.45, 2.75) is 38.6 Å². The van der Waals surface area contributed by atoms with Gasteiger partial charge < -0.3 is 19.3 Å². The summed E-state index contributed by atoms with van der Waals surface area (Å²) in [5.74, 6) is 2.55. The van der Waals surface area contributed by atoms with Gasteiger partial charge in [0.1, 0.15) is 11.9 Å². The molecule has 1 fully saturated rings. The van der Waals surface area contributed by atoms with Crippen molar-refractivity contribution in [3.05, 3.63) is 35.2 Å². The van der Waals surface area contributed by atoms with E-state index in [1.54, 1.807) is 21.3 Å². The van der Waals surface area contributed by atoms with Gasteiger partial charge in [-0.3, -0.25) is 9.58 Å². The Labute approximate surface area is 159 Å². The van der Waals surface area contributed by atoms with Gasteiger partial charge in [-0.15, -0.1) is 0 Å². The lowest BCUT2D eigenvalue weighted by atomic mass is 10.1. The third-order valence-corrected chi connectivity index (χ3v) is 5.45. The molecule has 1 saturated carbocycles. The lowest BCUT2D eigenvalue weighted by Gasteiger charge is -2.28. The second-order valence-electron chi connectivity index (χ2n) is 7.30. The molecule has 1 atom stereocenters. The van der Waals surface area contributed by atoms with E-state index < -0.39 is 6.10 Å². The SMILES string of the molecule is COc1cc(OC)c(OC)cc1CN1CCn2nc([C@H](O)C3CC3)cc2C1. The quantitative estimate of drug-likeness (QED) is 0.804. The lowest BCUT2D eigenvalue weighted by molar-refractivity contribution is 0.147. The van der Waals surface area contributed by atoms with Gasteiger partial charge in [0.25, 0.3) is 0 Å². The summed E-state index contributed by atoms with van der Waals surface area (Å²) >= 11 is 0. The minimum atomic E-state index is -0.414. The largest absolute Gasteiger partial charge is 0.496 e. The number of aliphatic hydroxyl groups excluding tert-OH is 1. The zero-order chi connectivity index (χ0) is 19.0. The van der Waals surface area contributed by atoms with Crippen molar-refractivity contribution in [3.63, 3.8) is 0 Å². The van der Waals surface area contributed by atoms with Crippen LogP contribution < -0.4 is 14.2 Å². The zero-order valence-electron chi connectivity index (χ0n) is 16.1. The van der Waals surface area contributed by atoms with Crippen molar-refractivity contribution in [1.82, 2.24) is 14.7 Å². The van der Waals surface area contributed by atoms with Gasteiger partial charge in [0.2, 0.25) is 0 Å². The number of benzene rings is 1. The highest BCUT2D eigenvalue weighted by Crippen LogP contribution is 2.41. The molecule has 0 bridgehead atoms. The van der Waals surface area contributed by atoms with Crippen LogP contribution in [0.25, 0.3) is 0 Å². The maximum absolute atomic E-state index is 10.4. The molecule has 4 rings (SSSR count). The van der Waals surface area contributed by atoms with E-state index in [0.717, 1.165) is 61.7 Å². The van der Waals surface area contributed by atoms with Crippen molar-refractivity contribution in [2.75, 3.05) is 27.9 Å². The van der Waals surface area contributed by atoms with Gasteiger partial charge in [0.15, 0.2) is 11.5 Å². The summed E-state index contributed by atoms with van der Waals surface area (Å²) in [6, 6.07) is 5.90. The molecule has 0 amide bonds. The predicted molar refractivity (Wildman–Crippen MR) is 100 cm³/mol. The summed E-state index contributed by atoms with van der Waals surface area (Å²) in [5.41, 5.74) is 3.02. The molecule has 146 valence electrons. The van der Waals surface area contributed by atoms with E-state index >= 15 is 0 Å². The third-order valence-electron chi connectivity index (χ3n) is 5.45. The molecular formula is C20H27N3O4. The number of aliphatic hydroxyl groups is 1. The fraction of sp³-hybridized carbons (Fsp3) is 0.550. The number of fused-ring (bicyclic) bond motifs is 1. The molecule has 1 aromatic heterocycles. The van der Waals surface area contributed by atoms with Gasteiger partial charge in [-0.25, -0.2) is 0 Å². The smallest absolute Gasteiger partial charge is 0.164 e. The summed E-state index contributed by atoms with van der Waals surface area (Å²) in [6.45, 7) is 3.25. The second kappa shape index (κ2) is 7.40. The summed E-state index contributed by atoms with van der Waals surface area (Å²) in [4.78, 5) is 2.36. The number of methoxy groups -OCH3 is 3. The molecule has 0 spiro atoms. The molecule has 7 heteroatoms. The van der Waals surface area contributed by atoms with Crippen LogP contribution in [0.5, 0.6) is 17.2 Å². The average molecular weight is 373 g/mol. The Bertz CT molecular complexity index is 816. The summed E-state index contributed by atoms with van der Waals surface area (Å²) in [6.07, 6.45) is 1.80. The van der Waals surface area contributed by atoms with Gasteiger partial charge >= 0.3 is 0 Å². The van der Waals surface area contributed by atoms with Crippen LogP contribution in [-0.4, -0.2) is 47.7 Å². The first-order chi connectivity index (χ1) is 13.1. The first-order valence-electron chi connectivity index (χ1n) is 9.39. The van der Waals surface area contributed by atoms with Crippen LogP contribution in [0, 0.1) is 5.92 Å². The van der Waals surface area contributed by atoms with Crippen molar-refractivity contribution < 1.29 is 19.3 Å². The Kier molecular flexibility index (Phi) is 4.97. The molecule has 1 aromatic carbocycles. The van der Waals surface area contributed by atoms with Crippen LogP contribution in [0.1, 0.15) is 35.9 Å². The Morgan fingerprint density at radius 3 is 2.41 bits per heavy atom. The number of hydrogen-bond acceptors (Lipinski definition) is 6. The van der Waals surface area contributed by atoms with E-state index in [1.807, 2.05) is 16.8 Å². The van der Waals surface area contributed by atoms with Crippen LogP contribution in [0.15, 0.2) is 18.2 Å². The molecule has 2 aliphatic rings. The zero-order valence-corrected chi connectivity index (χ0v) is 16.1. The second-order valence-corrected chi connectivity index (χ2v) is 7.30. The monoisotopic (exact) mass is 373 g/mol. The number of ether oxygens (including phenoxy) is 3. The maximum atomic E-state index is 10.4. The number of nitrogens with zero attached hydrogens (tertiary/aromatic N) is 3. The Morgan fingerprint density at radius 1 is 1.04 bits per heavy atom. The number of hydrogen-bond donors (Lipinski definition) is 1. The highest BCUT2D eigenvalue weighted by molar-refractivity contribution is 5.50. The van der Waals surface area contributed by atoms with Gasteiger partial charge in [0, 0.05) is 31.3 Å². The molecule has 27 heavy (non-hydrogen) atoms. The van der Waals surface area contributed by atoms with E-state index in [4.69, 9.17) is 14.2 Å². The molecule has 1 aliphatic heterocycles. The molecule has 0 saturated heterocycles. The molecule has 1 N–H and O–H groups in total. The predicted octanol–water partition coefficient (Wildman–Crippen LogP) is 2.37. The van der Waals surface area contributed by atoms with Gasteiger partial charge in [-0.1, -0.05) is 0 Å². The summed E-state index contributed by atoms with van der Waals surface area (Å²) < 4.78 is 18.4. The molecule has 0 radical (unpaired) electrons. The maximum Gasteiger partial charge on any atom is 0.164 e. The minimum absolute atomic E-state index is 0.397. The van der Waals surface area contributed by atoms with Gasteiger partial charge in [0.05, 0.1) is 39.3 Å². The molecule has 1 aliphatic carbocycles. The van der Waals surface area contributed by atoms with Crippen molar-refractivity contribution in [2.24, 2.45) is 5.92 Å². The van der Waals surface area contributed by atoms with Crippen LogP contribution in [0.3, 0.4) is 0 Å². The Hall–Kier alpha value is -2.25. The van der Waals surface area contributed by atoms with Crippen LogP contribution >= 0.6 is 0 Å². The fourth-order valence-electron chi connectivity index (χ4n) is 3.73. The van der Waals surface area contributed by atoms with E-state index in [1.165, 1.54) is 0 Å².